The van der Waals surface area contributed by atoms with Gasteiger partial charge in [-0.25, -0.2) is 4.79 Å². The molecule has 5 nitrogen and oxygen atoms in total. The number of rotatable bonds is 8. The maximum atomic E-state index is 12.1. The number of carbonyl (C=O) groups is 1. The molecular formula is C19H24N2O3. The molecule has 0 fully saturated rings. The maximum Gasteiger partial charge on any atom is 0.317 e. The number of methoxy groups -OCH3 is 1. The van der Waals surface area contributed by atoms with E-state index in [1.807, 2.05) is 54.6 Å². The van der Waals surface area contributed by atoms with E-state index in [2.05, 4.69) is 5.32 Å². The fourth-order valence-electron chi connectivity index (χ4n) is 2.19. The first kappa shape index (κ1) is 17.7. The Kier molecular flexibility index (Phi) is 6.95. The van der Waals surface area contributed by atoms with Crippen molar-refractivity contribution in [2.75, 3.05) is 27.3 Å². The van der Waals surface area contributed by atoms with Crippen LogP contribution in [0.4, 0.5) is 4.79 Å². The van der Waals surface area contributed by atoms with Crippen LogP contribution in [0.3, 0.4) is 0 Å². The molecule has 0 spiro atoms. The first-order valence-corrected chi connectivity index (χ1v) is 7.99. The molecule has 0 radical (unpaired) electrons. The van der Waals surface area contributed by atoms with Gasteiger partial charge < -0.3 is 19.7 Å². The van der Waals surface area contributed by atoms with Crippen LogP contribution in [0.25, 0.3) is 0 Å². The highest BCUT2D eigenvalue weighted by Gasteiger charge is 2.08. The van der Waals surface area contributed by atoms with Crippen LogP contribution >= 0.6 is 0 Å². The van der Waals surface area contributed by atoms with Crippen molar-refractivity contribution in [3.05, 3.63) is 60.2 Å². The Morgan fingerprint density at radius 2 is 1.75 bits per heavy atom. The van der Waals surface area contributed by atoms with E-state index < -0.39 is 0 Å². The summed E-state index contributed by atoms with van der Waals surface area (Å²) in [6.07, 6.45) is 0.761. The molecular weight excluding hydrogens is 304 g/mol. The molecule has 0 saturated heterocycles. The second-order valence-corrected chi connectivity index (χ2v) is 5.45. The van der Waals surface area contributed by atoms with Gasteiger partial charge in [-0.3, -0.25) is 0 Å². The molecule has 0 bridgehead atoms. The molecule has 1 N–H and O–H groups in total. The van der Waals surface area contributed by atoms with Crippen molar-refractivity contribution < 1.29 is 14.3 Å². The zero-order chi connectivity index (χ0) is 17.2. The Labute approximate surface area is 143 Å². The number of amides is 2. The van der Waals surface area contributed by atoms with Gasteiger partial charge in [0, 0.05) is 20.1 Å². The summed E-state index contributed by atoms with van der Waals surface area (Å²) in [6.45, 7) is 1.71. The second kappa shape index (κ2) is 9.45. The average molecular weight is 328 g/mol. The molecule has 0 aliphatic heterocycles. The second-order valence-electron chi connectivity index (χ2n) is 5.45. The van der Waals surface area contributed by atoms with Crippen molar-refractivity contribution in [2.24, 2.45) is 0 Å². The molecule has 2 rings (SSSR count). The van der Waals surface area contributed by atoms with E-state index in [1.165, 1.54) is 0 Å². The summed E-state index contributed by atoms with van der Waals surface area (Å²) >= 11 is 0. The van der Waals surface area contributed by atoms with Crippen LogP contribution in [-0.2, 0) is 6.54 Å². The van der Waals surface area contributed by atoms with Crippen molar-refractivity contribution in [2.45, 2.75) is 13.0 Å². The third kappa shape index (κ3) is 5.83. The van der Waals surface area contributed by atoms with Crippen LogP contribution < -0.4 is 14.8 Å². The summed E-state index contributed by atoms with van der Waals surface area (Å²) in [5.74, 6) is 1.66. The van der Waals surface area contributed by atoms with Crippen molar-refractivity contribution >= 4 is 6.03 Å². The van der Waals surface area contributed by atoms with E-state index in [4.69, 9.17) is 9.47 Å². The first-order valence-electron chi connectivity index (χ1n) is 7.99. The molecule has 2 amide bonds. The normalized spacial score (nSPS) is 10.1. The zero-order valence-electron chi connectivity index (χ0n) is 14.2. The van der Waals surface area contributed by atoms with Crippen LogP contribution in [0.5, 0.6) is 11.5 Å². The van der Waals surface area contributed by atoms with E-state index in [0.717, 1.165) is 23.5 Å². The third-order valence-electron chi connectivity index (χ3n) is 3.53. The van der Waals surface area contributed by atoms with Gasteiger partial charge in [-0.2, -0.15) is 0 Å². The maximum absolute atomic E-state index is 12.1. The molecule has 0 atom stereocenters. The monoisotopic (exact) mass is 328 g/mol. The number of nitrogens with one attached hydrogen (secondary N) is 1. The molecule has 0 unspecified atom stereocenters. The number of benzene rings is 2. The van der Waals surface area contributed by atoms with Crippen LogP contribution in [0, 0.1) is 0 Å². The Balaban J connectivity index is 1.64. The zero-order valence-corrected chi connectivity index (χ0v) is 14.2. The molecule has 0 aliphatic carbocycles. The minimum absolute atomic E-state index is 0.0921. The lowest BCUT2D eigenvalue weighted by atomic mass is 10.2. The van der Waals surface area contributed by atoms with Crippen LogP contribution in [0.15, 0.2) is 54.6 Å². The van der Waals surface area contributed by atoms with E-state index in [0.29, 0.717) is 19.7 Å². The molecule has 5 heteroatoms. The fourth-order valence-corrected chi connectivity index (χ4v) is 2.19. The SMILES string of the molecule is COc1ccc(CN(C)C(=O)NCCCOc2ccccc2)cc1. The van der Waals surface area contributed by atoms with E-state index in [9.17, 15) is 4.79 Å². The van der Waals surface area contributed by atoms with Gasteiger partial charge in [-0.05, 0) is 36.2 Å². The number of nitrogens with zero attached hydrogens (tertiary/aromatic N) is 1. The summed E-state index contributed by atoms with van der Waals surface area (Å²) in [5, 5.41) is 2.89. The highest BCUT2D eigenvalue weighted by Crippen LogP contribution is 2.12. The highest BCUT2D eigenvalue weighted by atomic mass is 16.5. The topological polar surface area (TPSA) is 50.8 Å². The molecule has 0 saturated carbocycles. The van der Waals surface area contributed by atoms with E-state index in [-0.39, 0.29) is 6.03 Å². The van der Waals surface area contributed by atoms with Crippen molar-refractivity contribution in [3.63, 3.8) is 0 Å². The minimum Gasteiger partial charge on any atom is -0.497 e. The fraction of sp³-hybridized carbons (Fsp3) is 0.316. The Hall–Kier alpha value is -2.69. The molecule has 0 heterocycles. The molecule has 0 aliphatic rings. The molecule has 2 aromatic rings. The van der Waals surface area contributed by atoms with E-state index in [1.54, 1.807) is 19.1 Å². The van der Waals surface area contributed by atoms with Crippen LogP contribution in [0.1, 0.15) is 12.0 Å². The lowest BCUT2D eigenvalue weighted by Gasteiger charge is -2.18. The number of urea groups is 1. The van der Waals surface area contributed by atoms with Gasteiger partial charge in [0.25, 0.3) is 0 Å². The van der Waals surface area contributed by atoms with Crippen LogP contribution in [-0.4, -0.2) is 38.2 Å². The Bertz CT molecular complexity index is 614. The third-order valence-corrected chi connectivity index (χ3v) is 3.53. The van der Waals surface area contributed by atoms with Gasteiger partial charge in [0.15, 0.2) is 0 Å². The van der Waals surface area contributed by atoms with Gasteiger partial charge in [0.2, 0.25) is 0 Å². The summed E-state index contributed by atoms with van der Waals surface area (Å²) in [7, 11) is 3.41. The quantitative estimate of drug-likeness (QED) is 0.757. The summed E-state index contributed by atoms with van der Waals surface area (Å²) in [6, 6.07) is 17.3. The predicted octanol–water partition coefficient (Wildman–Crippen LogP) is 3.31. The Morgan fingerprint density at radius 1 is 1.04 bits per heavy atom. The first-order chi connectivity index (χ1) is 11.7. The number of hydrogen-bond donors (Lipinski definition) is 1. The van der Waals surface area contributed by atoms with Crippen LogP contribution in [0.2, 0.25) is 0 Å². The lowest BCUT2D eigenvalue weighted by Crippen LogP contribution is -2.37. The minimum atomic E-state index is -0.0921. The van der Waals surface area contributed by atoms with Crippen molar-refractivity contribution in [1.29, 1.82) is 0 Å². The molecule has 0 aromatic heterocycles. The van der Waals surface area contributed by atoms with Gasteiger partial charge in [0.1, 0.15) is 11.5 Å². The molecule has 2 aromatic carbocycles. The van der Waals surface area contributed by atoms with Gasteiger partial charge in [-0.1, -0.05) is 30.3 Å². The molecule has 24 heavy (non-hydrogen) atoms. The van der Waals surface area contributed by atoms with Gasteiger partial charge in [-0.15, -0.1) is 0 Å². The van der Waals surface area contributed by atoms with Crippen molar-refractivity contribution in [3.8, 4) is 11.5 Å². The number of ether oxygens (including phenoxy) is 2. The lowest BCUT2D eigenvalue weighted by molar-refractivity contribution is 0.205. The van der Waals surface area contributed by atoms with Crippen molar-refractivity contribution in [1.82, 2.24) is 10.2 Å². The van der Waals surface area contributed by atoms with E-state index >= 15 is 0 Å². The molecule has 128 valence electrons. The number of carbonyl (C=O) groups excluding carboxylic acids is 1. The number of para-hydroxylation sites is 1. The largest absolute Gasteiger partial charge is 0.497 e. The smallest absolute Gasteiger partial charge is 0.317 e. The Morgan fingerprint density at radius 3 is 2.42 bits per heavy atom. The number of hydrogen-bond acceptors (Lipinski definition) is 3. The standard InChI is InChI=1S/C19H24N2O3/c1-21(15-16-9-11-17(23-2)12-10-16)19(22)20-13-6-14-24-18-7-4-3-5-8-18/h3-5,7-12H,6,13-15H2,1-2H3,(H,20,22). The summed E-state index contributed by atoms with van der Waals surface area (Å²) in [5.41, 5.74) is 1.06. The summed E-state index contributed by atoms with van der Waals surface area (Å²) in [4.78, 5) is 13.7. The highest BCUT2D eigenvalue weighted by molar-refractivity contribution is 5.73. The predicted molar refractivity (Wildman–Crippen MR) is 94.4 cm³/mol. The average Bonchev–Trinajstić information content (AvgIpc) is 2.62. The van der Waals surface area contributed by atoms with Gasteiger partial charge in [0.05, 0.1) is 13.7 Å². The summed E-state index contributed by atoms with van der Waals surface area (Å²) < 4.78 is 10.7. The van der Waals surface area contributed by atoms with Gasteiger partial charge >= 0.3 is 6.03 Å².